The van der Waals surface area contributed by atoms with Crippen molar-refractivity contribution in [3.05, 3.63) is 22.6 Å². The van der Waals surface area contributed by atoms with Crippen LogP contribution in [0.15, 0.2) is 21.2 Å². The van der Waals surface area contributed by atoms with Crippen molar-refractivity contribution in [2.45, 2.75) is 43.8 Å². The van der Waals surface area contributed by atoms with E-state index in [0.717, 1.165) is 12.8 Å². The zero-order valence-electron chi connectivity index (χ0n) is 12.9. The van der Waals surface area contributed by atoms with Gasteiger partial charge in [0, 0.05) is 25.2 Å². The van der Waals surface area contributed by atoms with Crippen LogP contribution in [0.5, 0.6) is 0 Å². The van der Waals surface area contributed by atoms with Crippen LogP contribution in [0.25, 0.3) is 0 Å². The molecular formula is C15H21BrClN3O3. The van der Waals surface area contributed by atoms with Crippen molar-refractivity contribution in [1.82, 2.24) is 15.5 Å². The first kappa shape index (κ1) is 18.3. The summed E-state index contributed by atoms with van der Waals surface area (Å²) in [7, 11) is 1.60. The van der Waals surface area contributed by atoms with Crippen molar-refractivity contribution in [2.75, 3.05) is 13.6 Å². The molecule has 3 heterocycles. The summed E-state index contributed by atoms with van der Waals surface area (Å²) in [5, 5.41) is 6.59. The minimum absolute atomic E-state index is 0. The predicted molar refractivity (Wildman–Crippen MR) is 91.7 cm³/mol. The number of nitrogens with zero attached hydrogens (tertiary/aromatic N) is 1. The van der Waals surface area contributed by atoms with Crippen LogP contribution in [0.2, 0.25) is 0 Å². The number of carbonyl (C=O) groups excluding carboxylic acids is 2. The Bertz CT molecular complexity index is 568. The Morgan fingerprint density at radius 3 is 2.57 bits per heavy atom. The van der Waals surface area contributed by atoms with E-state index in [9.17, 15) is 9.59 Å². The fraction of sp³-hybridized carbons (Fsp3) is 0.600. The first-order chi connectivity index (χ1) is 10.5. The highest BCUT2D eigenvalue weighted by Gasteiger charge is 2.34. The van der Waals surface area contributed by atoms with Gasteiger partial charge >= 0.3 is 0 Å². The number of rotatable bonds is 4. The summed E-state index contributed by atoms with van der Waals surface area (Å²) < 4.78 is 5.72. The third-order valence-corrected chi connectivity index (χ3v) is 4.78. The van der Waals surface area contributed by atoms with Gasteiger partial charge in [-0.15, -0.1) is 12.4 Å². The molecule has 8 heteroatoms. The van der Waals surface area contributed by atoms with E-state index in [-0.39, 0.29) is 42.6 Å². The highest BCUT2D eigenvalue weighted by molar-refractivity contribution is 9.10. The Morgan fingerprint density at radius 1 is 1.35 bits per heavy atom. The molecule has 2 amide bonds. The van der Waals surface area contributed by atoms with Gasteiger partial charge in [-0.2, -0.15) is 0 Å². The number of hydrogen-bond acceptors (Lipinski definition) is 4. The molecule has 3 rings (SSSR count). The molecule has 0 aromatic carbocycles. The lowest BCUT2D eigenvalue weighted by atomic mass is 10.00. The molecule has 2 atom stereocenters. The van der Waals surface area contributed by atoms with E-state index in [2.05, 4.69) is 26.6 Å². The molecule has 2 aliphatic heterocycles. The van der Waals surface area contributed by atoms with E-state index >= 15 is 0 Å². The summed E-state index contributed by atoms with van der Waals surface area (Å²) in [4.78, 5) is 25.6. The quantitative estimate of drug-likeness (QED) is 0.801. The Balaban J connectivity index is 0.00000192. The SMILES string of the molecule is CN(CC(=O)NC1CC2CCC(C1)N2)C(=O)c1ccc(Br)o1.Cl. The van der Waals surface area contributed by atoms with Crippen molar-refractivity contribution in [3.63, 3.8) is 0 Å². The van der Waals surface area contributed by atoms with Crippen LogP contribution in [-0.4, -0.2) is 48.4 Å². The summed E-state index contributed by atoms with van der Waals surface area (Å²) in [5.74, 6) is -0.193. The van der Waals surface area contributed by atoms with E-state index < -0.39 is 0 Å². The molecule has 1 aromatic rings. The molecule has 0 spiro atoms. The second-order valence-electron chi connectivity index (χ2n) is 6.14. The number of piperidine rings is 1. The van der Waals surface area contributed by atoms with Crippen molar-refractivity contribution in [2.24, 2.45) is 0 Å². The molecule has 1 aromatic heterocycles. The largest absolute Gasteiger partial charge is 0.444 e. The highest BCUT2D eigenvalue weighted by Crippen LogP contribution is 2.26. The van der Waals surface area contributed by atoms with E-state index in [1.807, 2.05) is 0 Å². The number of amides is 2. The van der Waals surface area contributed by atoms with Crippen LogP contribution in [-0.2, 0) is 4.79 Å². The molecule has 0 saturated carbocycles. The third kappa shape index (κ3) is 4.49. The zero-order valence-corrected chi connectivity index (χ0v) is 15.3. The highest BCUT2D eigenvalue weighted by atomic mass is 79.9. The summed E-state index contributed by atoms with van der Waals surface area (Å²) in [6.07, 6.45) is 4.35. The average Bonchev–Trinajstić information content (AvgIpc) is 3.04. The van der Waals surface area contributed by atoms with Crippen molar-refractivity contribution < 1.29 is 14.0 Å². The zero-order chi connectivity index (χ0) is 15.7. The Labute approximate surface area is 149 Å². The number of likely N-dealkylation sites (N-methyl/N-ethyl adjacent to an activating group) is 1. The smallest absolute Gasteiger partial charge is 0.289 e. The monoisotopic (exact) mass is 405 g/mol. The molecule has 128 valence electrons. The lowest BCUT2D eigenvalue weighted by Gasteiger charge is -2.30. The second-order valence-corrected chi connectivity index (χ2v) is 6.92. The molecular weight excluding hydrogens is 386 g/mol. The summed E-state index contributed by atoms with van der Waals surface area (Å²) in [5.41, 5.74) is 0. The van der Waals surface area contributed by atoms with Gasteiger partial charge in [0.05, 0.1) is 6.54 Å². The van der Waals surface area contributed by atoms with Crippen molar-refractivity contribution in [3.8, 4) is 0 Å². The van der Waals surface area contributed by atoms with Crippen molar-refractivity contribution in [1.29, 1.82) is 0 Å². The molecule has 0 aliphatic carbocycles. The number of furan rings is 1. The molecule has 2 unspecified atom stereocenters. The van der Waals surface area contributed by atoms with Gasteiger partial charge in [0.15, 0.2) is 10.4 Å². The molecule has 2 fully saturated rings. The molecule has 2 bridgehead atoms. The van der Waals surface area contributed by atoms with Gasteiger partial charge < -0.3 is 20.0 Å². The summed E-state index contributed by atoms with van der Waals surface area (Å²) in [6, 6.07) is 4.53. The number of fused-ring (bicyclic) bond motifs is 2. The molecule has 2 N–H and O–H groups in total. The van der Waals surface area contributed by atoms with Gasteiger partial charge in [0.1, 0.15) is 0 Å². The second kappa shape index (κ2) is 7.68. The van der Waals surface area contributed by atoms with Gasteiger partial charge in [-0.05, 0) is 53.7 Å². The molecule has 6 nitrogen and oxygen atoms in total. The maximum Gasteiger partial charge on any atom is 0.289 e. The van der Waals surface area contributed by atoms with Crippen LogP contribution in [0.3, 0.4) is 0 Å². The van der Waals surface area contributed by atoms with Crippen molar-refractivity contribution >= 4 is 40.2 Å². The number of hydrogen-bond donors (Lipinski definition) is 2. The maximum absolute atomic E-state index is 12.1. The van der Waals surface area contributed by atoms with Crippen LogP contribution in [0.4, 0.5) is 0 Å². The number of carbonyl (C=O) groups is 2. The van der Waals surface area contributed by atoms with Crippen LogP contribution in [0.1, 0.15) is 36.2 Å². The standard InChI is InChI=1S/C15H20BrN3O3.ClH/c1-19(15(21)12-4-5-13(16)22-12)8-14(20)18-11-6-9-2-3-10(7-11)17-9;/h4-5,9-11,17H,2-3,6-8H2,1H3,(H,18,20);1H. The normalized spacial score (nSPS) is 25.6. The van der Waals surface area contributed by atoms with E-state index in [1.54, 1.807) is 19.2 Å². The first-order valence-electron chi connectivity index (χ1n) is 7.57. The predicted octanol–water partition coefficient (Wildman–Crippen LogP) is 1.94. The van der Waals surface area contributed by atoms with Gasteiger partial charge in [-0.25, -0.2) is 0 Å². The molecule has 2 aliphatic rings. The van der Waals surface area contributed by atoms with Gasteiger partial charge in [-0.3, -0.25) is 9.59 Å². The number of nitrogens with one attached hydrogen (secondary N) is 2. The minimum Gasteiger partial charge on any atom is -0.444 e. The molecule has 2 saturated heterocycles. The van der Waals surface area contributed by atoms with Gasteiger partial charge in [0.2, 0.25) is 5.91 Å². The van der Waals surface area contributed by atoms with Gasteiger partial charge in [0.25, 0.3) is 5.91 Å². The third-order valence-electron chi connectivity index (χ3n) is 4.35. The topological polar surface area (TPSA) is 74.6 Å². The summed E-state index contributed by atoms with van der Waals surface area (Å²) in [6.45, 7) is 0.0381. The van der Waals surface area contributed by atoms with E-state index in [1.165, 1.54) is 17.7 Å². The van der Waals surface area contributed by atoms with Crippen LogP contribution >= 0.6 is 28.3 Å². The summed E-state index contributed by atoms with van der Waals surface area (Å²) >= 11 is 3.16. The fourth-order valence-electron chi connectivity index (χ4n) is 3.35. The van der Waals surface area contributed by atoms with E-state index in [4.69, 9.17) is 4.42 Å². The first-order valence-corrected chi connectivity index (χ1v) is 8.37. The Hall–Kier alpha value is -1.05. The fourth-order valence-corrected chi connectivity index (χ4v) is 3.66. The molecule has 23 heavy (non-hydrogen) atoms. The number of halogens is 2. The Morgan fingerprint density at radius 2 is 2.00 bits per heavy atom. The average molecular weight is 407 g/mol. The molecule has 0 radical (unpaired) electrons. The lowest BCUT2D eigenvalue weighted by molar-refractivity contribution is -0.122. The van der Waals surface area contributed by atoms with E-state index in [0.29, 0.717) is 16.8 Å². The Kier molecular flexibility index (Phi) is 6.11. The van der Waals surface area contributed by atoms with Crippen LogP contribution < -0.4 is 10.6 Å². The van der Waals surface area contributed by atoms with Gasteiger partial charge in [-0.1, -0.05) is 0 Å². The maximum atomic E-state index is 12.1. The minimum atomic E-state index is -0.300. The van der Waals surface area contributed by atoms with Crippen LogP contribution in [0, 0.1) is 0 Å². The lowest BCUT2D eigenvalue weighted by Crippen LogP contribution is -2.50.